The zero-order valence-electron chi connectivity index (χ0n) is 9.75. The van der Waals surface area contributed by atoms with Crippen LogP contribution in [-0.4, -0.2) is 11.5 Å². The first-order valence-corrected chi connectivity index (χ1v) is 6.59. The average Bonchev–Trinajstić information content (AvgIpc) is 2.95. The van der Waals surface area contributed by atoms with Gasteiger partial charge in [-0.15, -0.1) is 0 Å². The molecule has 3 heteroatoms. The molecule has 0 radical (unpaired) electrons. The van der Waals surface area contributed by atoms with Gasteiger partial charge < -0.3 is 10.5 Å². The molecule has 1 aliphatic carbocycles. The minimum atomic E-state index is -0.125. The molecule has 1 aromatic rings. The molecule has 0 amide bonds. The van der Waals surface area contributed by atoms with Gasteiger partial charge in [0.2, 0.25) is 0 Å². The highest BCUT2D eigenvalue weighted by atomic mass is 32.2. The third-order valence-corrected chi connectivity index (χ3v) is 4.64. The average molecular weight is 235 g/mol. The van der Waals surface area contributed by atoms with Crippen LogP contribution in [0.4, 0.5) is 0 Å². The largest absolute Gasteiger partial charge is 0.476 e. The van der Waals surface area contributed by atoms with Crippen LogP contribution in [0.1, 0.15) is 32.3 Å². The molecule has 0 saturated heterocycles. The predicted octanol–water partition coefficient (Wildman–Crippen LogP) is 2.90. The lowest BCUT2D eigenvalue weighted by molar-refractivity contribution is 0.214. The minimum Gasteiger partial charge on any atom is -0.476 e. The van der Waals surface area contributed by atoms with Crippen molar-refractivity contribution in [2.75, 3.05) is 6.54 Å². The van der Waals surface area contributed by atoms with Crippen LogP contribution in [0.3, 0.4) is 0 Å². The molecule has 1 saturated carbocycles. The van der Waals surface area contributed by atoms with Gasteiger partial charge in [-0.25, -0.2) is 0 Å². The van der Waals surface area contributed by atoms with Crippen LogP contribution in [0.25, 0.3) is 0 Å². The molecular formula is C13H17NOS. The van der Waals surface area contributed by atoms with E-state index in [-0.39, 0.29) is 10.3 Å². The Balaban J connectivity index is 1.97. The van der Waals surface area contributed by atoms with Gasteiger partial charge in [0, 0.05) is 12.0 Å². The highest BCUT2D eigenvalue weighted by molar-refractivity contribution is 8.00. The number of ether oxygens (including phenoxy) is 1. The fourth-order valence-electron chi connectivity index (χ4n) is 2.31. The van der Waals surface area contributed by atoms with Crippen molar-refractivity contribution in [1.29, 1.82) is 0 Å². The van der Waals surface area contributed by atoms with E-state index in [1.54, 1.807) is 11.8 Å². The molecule has 0 bridgehead atoms. The van der Waals surface area contributed by atoms with E-state index in [1.165, 1.54) is 23.3 Å². The highest BCUT2D eigenvalue weighted by Gasteiger charge is 2.44. The van der Waals surface area contributed by atoms with Crippen molar-refractivity contribution in [2.24, 2.45) is 5.73 Å². The Morgan fingerprint density at radius 1 is 1.38 bits per heavy atom. The van der Waals surface area contributed by atoms with Gasteiger partial charge in [-0.2, -0.15) is 0 Å². The van der Waals surface area contributed by atoms with Crippen molar-refractivity contribution < 1.29 is 4.74 Å². The molecule has 86 valence electrons. The Labute approximate surface area is 101 Å². The van der Waals surface area contributed by atoms with Gasteiger partial charge in [0.1, 0.15) is 5.75 Å². The van der Waals surface area contributed by atoms with Crippen molar-refractivity contribution in [1.82, 2.24) is 0 Å². The summed E-state index contributed by atoms with van der Waals surface area (Å²) in [4.78, 5) is 1.13. The summed E-state index contributed by atoms with van der Waals surface area (Å²) in [6.45, 7) is 4.96. The first-order valence-electron chi connectivity index (χ1n) is 5.77. The van der Waals surface area contributed by atoms with Crippen LogP contribution >= 0.6 is 11.8 Å². The van der Waals surface area contributed by atoms with Crippen molar-refractivity contribution >= 4 is 11.8 Å². The Morgan fingerprint density at radius 2 is 2.12 bits per heavy atom. The minimum absolute atomic E-state index is 0.125. The molecule has 0 unspecified atom stereocenters. The highest BCUT2D eigenvalue weighted by Crippen LogP contribution is 2.52. The van der Waals surface area contributed by atoms with Gasteiger partial charge in [0.25, 0.3) is 0 Å². The van der Waals surface area contributed by atoms with Crippen LogP contribution in [0.5, 0.6) is 5.75 Å². The van der Waals surface area contributed by atoms with Gasteiger partial charge in [-0.3, -0.25) is 0 Å². The van der Waals surface area contributed by atoms with Crippen molar-refractivity contribution in [2.45, 2.75) is 41.9 Å². The number of hydrogen-bond donors (Lipinski definition) is 1. The van der Waals surface area contributed by atoms with Crippen LogP contribution in [-0.2, 0) is 5.41 Å². The zero-order valence-corrected chi connectivity index (χ0v) is 10.6. The summed E-state index contributed by atoms with van der Waals surface area (Å²) in [5.41, 5.74) is 7.47. The SMILES string of the molecule is CC1(C)Oc2cc(C3(CN)CC3)ccc2S1. The maximum atomic E-state index is 5.92. The van der Waals surface area contributed by atoms with Crippen LogP contribution < -0.4 is 10.5 Å². The summed E-state index contributed by atoms with van der Waals surface area (Å²) in [7, 11) is 0. The second-order valence-corrected chi connectivity index (χ2v) is 6.88. The molecular weight excluding hydrogens is 218 g/mol. The molecule has 0 atom stereocenters. The summed E-state index contributed by atoms with van der Waals surface area (Å²) in [6, 6.07) is 6.59. The number of thioether (sulfide) groups is 1. The summed E-state index contributed by atoms with van der Waals surface area (Å²) < 4.78 is 5.92. The Morgan fingerprint density at radius 3 is 2.75 bits per heavy atom. The lowest BCUT2D eigenvalue weighted by Crippen LogP contribution is -2.20. The predicted molar refractivity (Wildman–Crippen MR) is 67.0 cm³/mol. The standard InChI is InChI=1S/C13H17NOS/c1-12(2)15-10-7-9(3-4-11(10)16-12)13(8-14)5-6-13/h3-4,7H,5-6,8,14H2,1-2H3. The second-order valence-electron chi connectivity index (χ2n) is 5.25. The molecule has 0 aromatic heterocycles. The molecule has 2 aliphatic rings. The Hall–Kier alpha value is -0.670. The van der Waals surface area contributed by atoms with E-state index in [0.717, 1.165) is 12.3 Å². The zero-order chi connectivity index (χ0) is 11.4. The molecule has 1 aromatic carbocycles. The molecule has 2 N–H and O–H groups in total. The fourth-order valence-corrected chi connectivity index (χ4v) is 3.31. The van der Waals surface area contributed by atoms with Gasteiger partial charge in [0.05, 0.1) is 4.90 Å². The fraction of sp³-hybridized carbons (Fsp3) is 0.538. The van der Waals surface area contributed by atoms with Gasteiger partial charge in [0.15, 0.2) is 4.93 Å². The van der Waals surface area contributed by atoms with E-state index in [9.17, 15) is 0 Å². The molecule has 1 heterocycles. The van der Waals surface area contributed by atoms with Crippen molar-refractivity contribution in [3.05, 3.63) is 23.8 Å². The molecule has 1 aliphatic heterocycles. The number of rotatable bonds is 2. The van der Waals surface area contributed by atoms with E-state index in [2.05, 4.69) is 32.0 Å². The number of fused-ring (bicyclic) bond motifs is 1. The van der Waals surface area contributed by atoms with Crippen molar-refractivity contribution in [3.8, 4) is 5.75 Å². The lowest BCUT2D eigenvalue weighted by atomic mass is 9.96. The third kappa shape index (κ3) is 1.54. The third-order valence-electron chi connectivity index (χ3n) is 3.51. The van der Waals surface area contributed by atoms with Crippen LogP contribution in [0.15, 0.2) is 23.1 Å². The van der Waals surface area contributed by atoms with Crippen LogP contribution in [0.2, 0.25) is 0 Å². The van der Waals surface area contributed by atoms with Crippen LogP contribution in [0, 0.1) is 0 Å². The van der Waals surface area contributed by atoms with Gasteiger partial charge >= 0.3 is 0 Å². The molecule has 3 rings (SSSR count). The molecule has 16 heavy (non-hydrogen) atoms. The van der Waals surface area contributed by atoms with Gasteiger partial charge in [-0.1, -0.05) is 17.8 Å². The summed E-state index contributed by atoms with van der Waals surface area (Å²) in [5.74, 6) is 1.03. The summed E-state index contributed by atoms with van der Waals surface area (Å²) in [5, 5.41) is 0. The van der Waals surface area contributed by atoms with E-state index >= 15 is 0 Å². The Kier molecular flexibility index (Phi) is 2.08. The van der Waals surface area contributed by atoms with E-state index < -0.39 is 0 Å². The monoisotopic (exact) mass is 235 g/mol. The molecule has 0 spiro atoms. The first-order chi connectivity index (χ1) is 7.55. The maximum absolute atomic E-state index is 5.92. The smallest absolute Gasteiger partial charge is 0.153 e. The maximum Gasteiger partial charge on any atom is 0.153 e. The molecule has 1 fully saturated rings. The first kappa shape index (κ1) is 10.5. The van der Waals surface area contributed by atoms with Crippen molar-refractivity contribution in [3.63, 3.8) is 0 Å². The normalized spacial score (nSPS) is 23.7. The quantitative estimate of drug-likeness (QED) is 0.856. The lowest BCUT2D eigenvalue weighted by Gasteiger charge is -2.16. The Bertz CT molecular complexity index is 438. The van der Waals surface area contributed by atoms with Gasteiger partial charge in [-0.05, 0) is 44.4 Å². The van der Waals surface area contributed by atoms with E-state index in [0.29, 0.717) is 0 Å². The summed E-state index contributed by atoms with van der Waals surface area (Å²) >= 11 is 1.79. The van der Waals surface area contributed by atoms with E-state index in [4.69, 9.17) is 10.5 Å². The number of benzene rings is 1. The second kappa shape index (κ2) is 3.17. The number of hydrogen-bond acceptors (Lipinski definition) is 3. The topological polar surface area (TPSA) is 35.2 Å². The number of nitrogens with two attached hydrogens (primary N) is 1. The molecule has 2 nitrogen and oxygen atoms in total. The van der Waals surface area contributed by atoms with E-state index in [1.807, 2.05) is 0 Å². The summed E-state index contributed by atoms with van der Waals surface area (Å²) in [6.07, 6.45) is 2.44.